The molecule has 22 heavy (non-hydrogen) atoms. The van der Waals surface area contributed by atoms with Crippen molar-refractivity contribution in [2.24, 2.45) is 0 Å². The Morgan fingerprint density at radius 3 is 2.59 bits per heavy atom. The molecule has 1 aromatic rings. The minimum atomic E-state index is -0.134. The molecule has 0 saturated carbocycles. The summed E-state index contributed by atoms with van der Waals surface area (Å²) >= 11 is 0. The molecule has 1 aliphatic rings. The Labute approximate surface area is 136 Å². The van der Waals surface area contributed by atoms with Gasteiger partial charge in [-0.3, -0.25) is 9.59 Å². The second kappa shape index (κ2) is 8.73. The van der Waals surface area contributed by atoms with Crippen molar-refractivity contribution < 1.29 is 14.3 Å². The number of rotatable bonds is 4. The van der Waals surface area contributed by atoms with Crippen LogP contribution in [0.5, 0.6) is 0 Å². The minimum absolute atomic E-state index is 0. The zero-order chi connectivity index (χ0) is 15.2. The molecule has 1 heterocycles. The van der Waals surface area contributed by atoms with E-state index in [1.165, 1.54) is 6.92 Å². The van der Waals surface area contributed by atoms with Gasteiger partial charge in [-0.05, 0) is 24.6 Å². The Balaban J connectivity index is 0.00000242. The molecule has 1 atom stereocenters. The fourth-order valence-corrected chi connectivity index (χ4v) is 2.27. The molecular weight excluding hydrogens is 306 g/mol. The topological polar surface area (TPSA) is 79.5 Å². The molecule has 1 unspecified atom stereocenters. The maximum atomic E-state index is 12.1. The fraction of sp³-hybridized carbons (Fsp3) is 0.467. The van der Waals surface area contributed by atoms with Crippen molar-refractivity contribution in [1.29, 1.82) is 0 Å². The first kappa shape index (κ1) is 18.4. The summed E-state index contributed by atoms with van der Waals surface area (Å²) in [6.45, 7) is 5.34. The monoisotopic (exact) mass is 327 g/mol. The largest absolute Gasteiger partial charge is 0.378 e. The van der Waals surface area contributed by atoms with Crippen LogP contribution < -0.4 is 16.0 Å². The molecule has 0 spiro atoms. The van der Waals surface area contributed by atoms with Crippen molar-refractivity contribution in [2.45, 2.75) is 26.3 Å². The Morgan fingerprint density at radius 2 is 2.00 bits per heavy atom. The van der Waals surface area contributed by atoms with Crippen LogP contribution in [0.15, 0.2) is 18.2 Å². The van der Waals surface area contributed by atoms with Gasteiger partial charge in [-0.25, -0.2) is 0 Å². The predicted molar refractivity (Wildman–Crippen MR) is 88.6 cm³/mol. The van der Waals surface area contributed by atoms with E-state index in [0.717, 1.165) is 12.1 Å². The van der Waals surface area contributed by atoms with Crippen molar-refractivity contribution in [3.63, 3.8) is 0 Å². The van der Waals surface area contributed by atoms with Gasteiger partial charge in [0.25, 0.3) is 0 Å². The number of amides is 2. The van der Waals surface area contributed by atoms with Gasteiger partial charge < -0.3 is 20.7 Å². The molecule has 2 rings (SSSR count). The molecule has 0 radical (unpaired) electrons. The summed E-state index contributed by atoms with van der Waals surface area (Å²) in [5.41, 5.74) is 2.26. The summed E-state index contributed by atoms with van der Waals surface area (Å²) in [7, 11) is 0. The van der Waals surface area contributed by atoms with Gasteiger partial charge in [0.1, 0.15) is 0 Å². The lowest BCUT2D eigenvalue weighted by Gasteiger charge is -2.23. The summed E-state index contributed by atoms with van der Waals surface area (Å²) in [4.78, 5) is 23.2. The molecule has 0 aromatic heterocycles. The molecule has 3 N–H and O–H groups in total. The Hall–Kier alpha value is -1.63. The Bertz CT molecular complexity index is 531. The molecule has 0 bridgehead atoms. The molecule has 6 nitrogen and oxygen atoms in total. The van der Waals surface area contributed by atoms with Crippen molar-refractivity contribution in [3.8, 4) is 0 Å². The molecule has 1 saturated heterocycles. The molecule has 122 valence electrons. The summed E-state index contributed by atoms with van der Waals surface area (Å²) in [5, 5.41) is 8.88. The van der Waals surface area contributed by atoms with E-state index in [4.69, 9.17) is 4.74 Å². The third-order valence-corrected chi connectivity index (χ3v) is 3.35. The van der Waals surface area contributed by atoms with Crippen LogP contribution in [0.25, 0.3) is 0 Å². The van der Waals surface area contributed by atoms with E-state index >= 15 is 0 Å². The summed E-state index contributed by atoms with van der Waals surface area (Å²) < 4.78 is 5.33. The second-order valence-electron chi connectivity index (χ2n) is 5.14. The average molecular weight is 328 g/mol. The normalized spacial score (nSPS) is 17.3. The zero-order valence-electron chi connectivity index (χ0n) is 12.8. The van der Waals surface area contributed by atoms with Gasteiger partial charge >= 0.3 is 0 Å². The Kier molecular flexibility index (Phi) is 7.31. The van der Waals surface area contributed by atoms with Gasteiger partial charge in [-0.1, -0.05) is 6.07 Å². The van der Waals surface area contributed by atoms with Gasteiger partial charge in [0.15, 0.2) is 0 Å². The maximum absolute atomic E-state index is 12.1. The quantitative estimate of drug-likeness (QED) is 0.786. The summed E-state index contributed by atoms with van der Waals surface area (Å²) in [6.07, 6.45) is 0.365. The van der Waals surface area contributed by atoms with Gasteiger partial charge in [-0.2, -0.15) is 0 Å². The average Bonchev–Trinajstić information content (AvgIpc) is 2.44. The Morgan fingerprint density at radius 1 is 1.32 bits per heavy atom. The second-order valence-corrected chi connectivity index (χ2v) is 5.14. The number of anilines is 2. The van der Waals surface area contributed by atoms with Crippen LogP contribution in [0.3, 0.4) is 0 Å². The van der Waals surface area contributed by atoms with E-state index in [2.05, 4.69) is 16.0 Å². The minimum Gasteiger partial charge on any atom is -0.378 e. The highest BCUT2D eigenvalue weighted by molar-refractivity contribution is 5.95. The van der Waals surface area contributed by atoms with Crippen LogP contribution in [0, 0.1) is 6.92 Å². The van der Waals surface area contributed by atoms with Crippen LogP contribution >= 0.6 is 12.4 Å². The van der Waals surface area contributed by atoms with Crippen LogP contribution in [-0.4, -0.2) is 37.6 Å². The fourth-order valence-electron chi connectivity index (χ4n) is 2.27. The van der Waals surface area contributed by atoms with E-state index < -0.39 is 0 Å². The third kappa shape index (κ3) is 5.29. The maximum Gasteiger partial charge on any atom is 0.226 e. The van der Waals surface area contributed by atoms with E-state index in [1.807, 2.05) is 19.1 Å². The van der Waals surface area contributed by atoms with E-state index in [9.17, 15) is 9.59 Å². The van der Waals surface area contributed by atoms with Crippen LogP contribution in [0.2, 0.25) is 0 Å². The predicted octanol–water partition coefficient (Wildman–Crippen LogP) is 1.69. The molecule has 7 heteroatoms. The standard InChI is InChI=1S/C15H21N3O3.ClH/c1-10-13(17-11(2)19)4-3-5-14(10)18-15(20)8-12-9-21-7-6-16-12;/h3-5,12,16H,6-9H2,1-2H3,(H,17,19)(H,18,20);1H. The van der Waals surface area contributed by atoms with Crippen LogP contribution in [0.4, 0.5) is 11.4 Å². The number of hydrogen-bond donors (Lipinski definition) is 3. The van der Waals surface area contributed by atoms with Crippen molar-refractivity contribution in [1.82, 2.24) is 5.32 Å². The molecular formula is C15H22ClN3O3. The van der Waals surface area contributed by atoms with Crippen LogP contribution in [-0.2, 0) is 14.3 Å². The molecule has 1 fully saturated rings. The first-order valence-corrected chi connectivity index (χ1v) is 7.04. The lowest BCUT2D eigenvalue weighted by molar-refractivity contribution is -0.117. The molecule has 0 aliphatic carbocycles. The first-order chi connectivity index (χ1) is 10.1. The highest BCUT2D eigenvalue weighted by Crippen LogP contribution is 2.23. The van der Waals surface area contributed by atoms with Crippen molar-refractivity contribution in [2.75, 3.05) is 30.4 Å². The number of benzene rings is 1. The molecule has 1 aromatic carbocycles. The number of ether oxygens (including phenoxy) is 1. The summed E-state index contributed by atoms with van der Waals surface area (Å²) in [5.74, 6) is -0.203. The number of carbonyl (C=O) groups excluding carboxylic acids is 2. The van der Waals surface area contributed by atoms with Gasteiger partial charge in [-0.15, -0.1) is 12.4 Å². The smallest absolute Gasteiger partial charge is 0.226 e. The lowest BCUT2D eigenvalue weighted by atomic mass is 10.1. The molecule has 2 amide bonds. The van der Waals surface area contributed by atoms with Gasteiger partial charge in [0, 0.05) is 37.3 Å². The van der Waals surface area contributed by atoms with E-state index in [0.29, 0.717) is 31.0 Å². The number of carbonyl (C=O) groups is 2. The molecule has 1 aliphatic heterocycles. The lowest BCUT2D eigenvalue weighted by Crippen LogP contribution is -2.43. The number of morpholine rings is 1. The SMILES string of the molecule is CC(=O)Nc1cccc(NC(=O)CC2COCCN2)c1C.Cl. The van der Waals surface area contributed by atoms with Gasteiger partial charge in [0.2, 0.25) is 11.8 Å². The number of hydrogen-bond acceptors (Lipinski definition) is 4. The van der Waals surface area contributed by atoms with Crippen LogP contribution in [0.1, 0.15) is 18.9 Å². The van der Waals surface area contributed by atoms with Crippen molar-refractivity contribution in [3.05, 3.63) is 23.8 Å². The number of nitrogens with one attached hydrogen (secondary N) is 3. The first-order valence-electron chi connectivity index (χ1n) is 7.04. The van der Waals surface area contributed by atoms with Crippen molar-refractivity contribution >= 4 is 35.6 Å². The highest BCUT2D eigenvalue weighted by Gasteiger charge is 2.17. The highest BCUT2D eigenvalue weighted by atomic mass is 35.5. The third-order valence-electron chi connectivity index (χ3n) is 3.35. The van der Waals surface area contributed by atoms with E-state index in [1.54, 1.807) is 6.07 Å². The number of halogens is 1. The summed E-state index contributed by atoms with van der Waals surface area (Å²) in [6, 6.07) is 5.49. The zero-order valence-corrected chi connectivity index (χ0v) is 13.6. The van der Waals surface area contributed by atoms with E-state index in [-0.39, 0.29) is 30.3 Å². The van der Waals surface area contributed by atoms with Gasteiger partial charge in [0.05, 0.1) is 13.2 Å².